The van der Waals surface area contributed by atoms with Crippen LogP contribution in [-0.2, 0) is 14.3 Å². The van der Waals surface area contributed by atoms with Gasteiger partial charge in [-0.15, -0.1) is 11.8 Å². The molecule has 1 aromatic rings. The lowest BCUT2D eigenvalue weighted by atomic mass is 9.93. The van der Waals surface area contributed by atoms with Crippen molar-refractivity contribution in [2.75, 3.05) is 0 Å². The molecular weight excluding hydrogens is 272 g/mol. The van der Waals surface area contributed by atoms with Gasteiger partial charge in [0.05, 0.1) is 11.7 Å². The molecule has 0 unspecified atom stereocenters. The van der Waals surface area contributed by atoms with Crippen LogP contribution in [0.5, 0.6) is 0 Å². The maximum absolute atomic E-state index is 11.2. The zero-order valence-corrected chi connectivity index (χ0v) is 13.3. The zero-order chi connectivity index (χ0) is 14.8. The number of esters is 1. The average molecular weight is 294 g/mol. The van der Waals surface area contributed by atoms with Gasteiger partial charge in [-0.25, -0.2) is 0 Å². The summed E-state index contributed by atoms with van der Waals surface area (Å²) < 4.78 is 11.5. The Morgan fingerprint density at radius 1 is 1.35 bits per heavy atom. The van der Waals surface area contributed by atoms with Crippen LogP contribution in [0.1, 0.15) is 34.1 Å². The highest BCUT2D eigenvalue weighted by atomic mass is 32.2. The summed E-state index contributed by atoms with van der Waals surface area (Å²) >= 11 is 1.79. The van der Waals surface area contributed by atoms with E-state index in [-0.39, 0.29) is 29.0 Å². The highest BCUT2D eigenvalue weighted by Crippen LogP contribution is 2.40. The highest BCUT2D eigenvalue weighted by molar-refractivity contribution is 8.00. The normalized spacial score (nSPS) is 28.9. The third kappa shape index (κ3) is 3.76. The molecule has 3 atom stereocenters. The second-order valence-corrected chi connectivity index (χ2v) is 7.01. The van der Waals surface area contributed by atoms with Crippen LogP contribution in [0, 0.1) is 0 Å². The van der Waals surface area contributed by atoms with Gasteiger partial charge >= 0.3 is 5.97 Å². The fourth-order valence-corrected chi connectivity index (χ4v) is 3.80. The van der Waals surface area contributed by atoms with Gasteiger partial charge in [-0.2, -0.15) is 0 Å². The minimum Gasteiger partial charge on any atom is -0.460 e. The first-order chi connectivity index (χ1) is 9.38. The van der Waals surface area contributed by atoms with E-state index in [0.29, 0.717) is 0 Å². The van der Waals surface area contributed by atoms with Crippen molar-refractivity contribution in [3.8, 4) is 0 Å². The van der Waals surface area contributed by atoms with Gasteiger partial charge in [-0.1, -0.05) is 18.2 Å². The molecule has 3 nitrogen and oxygen atoms in total. The molecule has 1 heterocycles. The quantitative estimate of drug-likeness (QED) is 0.797. The summed E-state index contributed by atoms with van der Waals surface area (Å²) in [7, 11) is 0. The highest BCUT2D eigenvalue weighted by Gasteiger charge is 2.43. The Labute approximate surface area is 125 Å². The summed E-state index contributed by atoms with van der Waals surface area (Å²) in [6, 6.07) is 10.3. The lowest BCUT2D eigenvalue weighted by molar-refractivity contribution is -0.179. The number of rotatable bonds is 3. The summed E-state index contributed by atoms with van der Waals surface area (Å²) in [6.07, 6.45) is 0.580. The molecule has 110 valence electrons. The Morgan fingerprint density at radius 3 is 2.60 bits per heavy atom. The van der Waals surface area contributed by atoms with Gasteiger partial charge in [-0.05, 0) is 32.9 Å². The smallest absolute Gasteiger partial charge is 0.302 e. The lowest BCUT2D eigenvalue weighted by Gasteiger charge is -2.44. The molecule has 0 spiro atoms. The summed E-state index contributed by atoms with van der Waals surface area (Å²) in [5, 5.41) is 0.255. The standard InChI is InChI=1S/C16H22O3S/c1-11-14(18-12(2)17)10-15(16(3,4)19-11)20-13-8-6-5-7-9-13/h5-9,11,14-15H,10H2,1-4H3/t11-,14+,15+/m0/s1. The molecule has 0 saturated carbocycles. The molecule has 1 saturated heterocycles. The van der Waals surface area contributed by atoms with Crippen LogP contribution in [0.2, 0.25) is 0 Å². The van der Waals surface area contributed by atoms with E-state index in [1.165, 1.54) is 11.8 Å². The van der Waals surface area contributed by atoms with Crippen molar-refractivity contribution in [3.05, 3.63) is 30.3 Å². The molecule has 20 heavy (non-hydrogen) atoms. The van der Waals surface area contributed by atoms with E-state index >= 15 is 0 Å². The molecule has 0 bridgehead atoms. The van der Waals surface area contributed by atoms with Gasteiger partial charge < -0.3 is 9.47 Å². The number of carbonyl (C=O) groups excluding carboxylic acids is 1. The number of benzene rings is 1. The van der Waals surface area contributed by atoms with E-state index in [1.807, 2.05) is 25.1 Å². The minimum absolute atomic E-state index is 0.0680. The molecule has 2 rings (SSSR count). The van der Waals surface area contributed by atoms with Crippen LogP contribution in [0.25, 0.3) is 0 Å². The molecule has 0 radical (unpaired) electrons. The number of carbonyl (C=O) groups is 1. The van der Waals surface area contributed by atoms with Crippen LogP contribution >= 0.6 is 11.8 Å². The molecule has 1 fully saturated rings. The SMILES string of the molecule is CC(=O)O[C@@H]1C[C@@H](Sc2ccccc2)C(C)(C)O[C@H]1C. The number of ether oxygens (including phenoxy) is 2. The second-order valence-electron chi connectivity index (χ2n) is 5.73. The van der Waals surface area contributed by atoms with Crippen LogP contribution in [-0.4, -0.2) is 29.0 Å². The van der Waals surface area contributed by atoms with Gasteiger partial charge in [0.1, 0.15) is 6.10 Å². The molecule has 1 aliphatic heterocycles. The Balaban J connectivity index is 2.10. The van der Waals surface area contributed by atoms with Crippen LogP contribution < -0.4 is 0 Å². The van der Waals surface area contributed by atoms with Gasteiger partial charge in [0.25, 0.3) is 0 Å². The van der Waals surface area contributed by atoms with Gasteiger partial charge in [-0.3, -0.25) is 4.79 Å². The van der Waals surface area contributed by atoms with E-state index in [4.69, 9.17) is 9.47 Å². The maximum Gasteiger partial charge on any atom is 0.302 e. The summed E-state index contributed by atoms with van der Waals surface area (Å²) in [6.45, 7) is 7.63. The van der Waals surface area contributed by atoms with Gasteiger partial charge in [0.15, 0.2) is 0 Å². The molecule has 0 aliphatic carbocycles. The van der Waals surface area contributed by atoms with Crippen molar-refractivity contribution in [1.29, 1.82) is 0 Å². The van der Waals surface area contributed by atoms with Gasteiger partial charge in [0.2, 0.25) is 0 Å². The van der Waals surface area contributed by atoms with Crippen LogP contribution in [0.4, 0.5) is 0 Å². The van der Waals surface area contributed by atoms with Crippen LogP contribution in [0.15, 0.2) is 35.2 Å². The van der Waals surface area contributed by atoms with Gasteiger partial charge in [0, 0.05) is 23.5 Å². The first-order valence-electron chi connectivity index (χ1n) is 6.95. The Morgan fingerprint density at radius 2 is 2.00 bits per heavy atom. The number of hydrogen-bond acceptors (Lipinski definition) is 4. The Kier molecular flexibility index (Phi) is 4.76. The lowest BCUT2D eigenvalue weighted by Crippen LogP contribution is -2.51. The van der Waals surface area contributed by atoms with E-state index in [0.717, 1.165) is 6.42 Å². The summed E-state index contributed by atoms with van der Waals surface area (Å²) in [5.41, 5.74) is -0.240. The summed E-state index contributed by atoms with van der Waals surface area (Å²) in [4.78, 5) is 12.4. The molecule has 1 aliphatic rings. The van der Waals surface area contributed by atoms with Crippen molar-refractivity contribution >= 4 is 17.7 Å². The van der Waals surface area contributed by atoms with E-state index in [1.54, 1.807) is 11.8 Å². The van der Waals surface area contributed by atoms with E-state index in [2.05, 4.69) is 26.0 Å². The van der Waals surface area contributed by atoms with Crippen molar-refractivity contribution < 1.29 is 14.3 Å². The molecule has 0 aromatic heterocycles. The minimum atomic E-state index is -0.242. The Bertz CT molecular complexity index is 458. The van der Waals surface area contributed by atoms with Crippen molar-refractivity contribution in [2.24, 2.45) is 0 Å². The molecule has 1 aromatic carbocycles. The molecule has 0 amide bonds. The zero-order valence-electron chi connectivity index (χ0n) is 12.5. The molecular formula is C16H22O3S. The fraction of sp³-hybridized carbons (Fsp3) is 0.562. The van der Waals surface area contributed by atoms with Crippen molar-refractivity contribution in [2.45, 2.75) is 62.1 Å². The Hall–Kier alpha value is -1.00. The van der Waals surface area contributed by atoms with Crippen LogP contribution in [0.3, 0.4) is 0 Å². The average Bonchev–Trinajstić information content (AvgIpc) is 2.35. The topological polar surface area (TPSA) is 35.5 Å². The maximum atomic E-state index is 11.2. The van der Waals surface area contributed by atoms with E-state index in [9.17, 15) is 4.79 Å². The predicted molar refractivity (Wildman–Crippen MR) is 80.9 cm³/mol. The first-order valence-corrected chi connectivity index (χ1v) is 7.83. The summed E-state index contributed by atoms with van der Waals surface area (Å²) in [5.74, 6) is -0.242. The monoisotopic (exact) mass is 294 g/mol. The third-order valence-corrected chi connectivity index (χ3v) is 5.16. The molecule has 0 N–H and O–H groups in total. The first kappa shape index (κ1) is 15.4. The van der Waals surface area contributed by atoms with Crippen molar-refractivity contribution in [3.63, 3.8) is 0 Å². The predicted octanol–water partition coefficient (Wildman–Crippen LogP) is 3.67. The third-order valence-electron chi connectivity index (χ3n) is 3.57. The second kappa shape index (κ2) is 6.19. The largest absolute Gasteiger partial charge is 0.460 e. The van der Waals surface area contributed by atoms with E-state index < -0.39 is 0 Å². The van der Waals surface area contributed by atoms with Crippen molar-refractivity contribution in [1.82, 2.24) is 0 Å². The number of thioether (sulfide) groups is 1. The number of hydrogen-bond donors (Lipinski definition) is 0. The fourth-order valence-electron chi connectivity index (χ4n) is 2.53. The molecule has 4 heteroatoms.